The van der Waals surface area contributed by atoms with Crippen LogP contribution in [0.5, 0.6) is 0 Å². The van der Waals surface area contributed by atoms with Crippen molar-refractivity contribution in [1.82, 2.24) is 20.0 Å². The molecule has 0 aromatic heterocycles. The summed E-state index contributed by atoms with van der Waals surface area (Å²) in [7, 11) is 0. The zero-order valence-corrected chi connectivity index (χ0v) is 63.6. The van der Waals surface area contributed by atoms with Gasteiger partial charge in [-0.05, 0) is 89.6 Å². The second kappa shape index (κ2) is 67.9. The number of nitrogens with one attached hydrogen (secondary N) is 1. The standard InChI is InChI=1S/C83H166N4O6/c1-7-12-17-22-27-32-37-42-47-52-61-75(6)70-85(71-76(88)62-53-48-43-38-33-28-23-18-13-8-2)68-59-57-66-80-83(93)87(74-79(91)65-56-51-46-41-36-31-26-21-16-11-5)81(82(92)84-80)67-58-60-69-86(72-77(89)63-54-49-44-39-34-29-24-19-14-9-3)73-78(90)64-55-50-45-40-35-30-25-20-15-10-4/h75-81,88-91H,7-74H2,1-6H3,(H,84,92). The molecule has 554 valence electrons. The zero-order chi connectivity index (χ0) is 67.7. The first kappa shape index (κ1) is 89.7. The molecule has 0 spiro atoms. The molecule has 0 radical (unpaired) electrons. The Labute approximate surface area is 580 Å². The summed E-state index contributed by atoms with van der Waals surface area (Å²) in [6.45, 7) is 18.3. The van der Waals surface area contributed by atoms with Crippen LogP contribution in [0, 0.1) is 5.92 Å². The maximum atomic E-state index is 14.7. The van der Waals surface area contributed by atoms with Crippen LogP contribution < -0.4 is 5.32 Å². The van der Waals surface area contributed by atoms with E-state index in [9.17, 15) is 30.0 Å². The van der Waals surface area contributed by atoms with Crippen molar-refractivity contribution in [2.24, 2.45) is 5.92 Å². The van der Waals surface area contributed by atoms with Gasteiger partial charge in [-0.15, -0.1) is 0 Å². The van der Waals surface area contributed by atoms with E-state index in [1.54, 1.807) is 4.90 Å². The number of aliphatic hydroxyl groups excluding tert-OH is 4. The number of carbonyl (C=O) groups excluding carboxylic acids is 2. The number of aliphatic hydroxyl groups is 4. The van der Waals surface area contributed by atoms with Gasteiger partial charge >= 0.3 is 0 Å². The highest BCUT2D eigenvalue weighted by Gasteiger charge is 2.40. The minimum atomic E-state index is -0.677. The van der Waals surface area contributed by atoms with Crippen LogP contribution >= 0.6 is 0 Å². The van der Waals surface area contributed by atoms with E-state index in [1.165, 1.54) is 283 Å². The summed E-state index contributed by atoms with van der Waals surface area (Å²) in [4.78, 5) is 35.7. The number of β-amino-alcohol motifs (C(OH)–C–C–N with tert-alkyl or cyclic N) is 1. The number of hydrogen-bond donors (Lipinski definition) is 5. The molecule has 1 aliphatic heterocycles. The van der Waals surface area contributed by atoms with Gasteiger partial charge in [-0.25, -0.2) is 0 Å². The van der Waals surface area contributed by atoms with Crippen LogP contribution in [-0.2, 0) is 9.59 Å². The third-order valence-electron chi connectivity index (χ3n) is 21.0. The lowest BCUT2D eigenvalue weighted by Crippen LogP contribution is -2.64. The summed E-state index contributed by atoms with van der Waals surface area (Å²) in [5.41, 5.74) is 0. The molecule has 93 heavy (non-hydrogen) atoms. The lowest BCUT2D eigenvalue weighted by Gasteiger charge is -2.40. The second-order valence-electron chi connectivity index (χ2n) is 30.7. The lowest BCUT2D eigenvalue weighted by atomic mass is 9.97. The molecular weight excluding hydrogens is 1150 g/mol. The largest absolute Gasteiger partial charge is 0.392 e. The fraction of sp³-hybridized carbons (Fsp3) is 0.976. The molecule has 2 amide bonds. The predicted molar refractivity (Wildman–Crippen MR) is 404 cm³/mol. The van der Waals surface area contributed by atoms with Crippen molar-refractivity contribution in [3.63, 3.8) is 0 Å². The molecule has 0 bridgehead atoms. The van der Waals surface area contributed by atoms with E-state index in [2.05, 4.69) is 56.7 Å². The van der Waals surface area contributed by atoms with Crippen molar-refractivity contribution in [3.05, 3.63) is 0 Å². The van der Waals surface area contributed by atoms with E-state index in [0.29, 0.717) is 44.8 Å². The number of carbonyl (C=O) groups is 2. The molecular formula is C83H166N4O6. The molecule has 7 unspecified atom stereocenters. The van der Waals surface area contributed by atoms with Gasteiger partial charge < -0.3 is 35.5 Å². The Hall–Kier alpha value is -1.30. The van der Waals surface area contributed by atoms with Crippen LogP contribution in [0.1, 0.15) is 433 Å². The highest BCUT2D eigenvalue weighted by Crippen LogP contribution is 2.24. The quantitative estimate of drug-likeness (QED) is 0.0380. The Morgan fingerprint density at radius 2 is 0.581 bits per heavy atom. The first-order chi connectivity index (χ1) is 45.5. The van der Waals surface area contributed by atoms with Gasteiger partial charge in [0.05, 0.1) is 24.4 Å². The van der Waals surface area contributed by atoms with Crippen molar-refractivity contribution < 1.29 is 30.0 Å². The Morgan fingerprint density at radius 3 is 0.892 bits per heavy atom. The summed E-state index contributed by atoms with van der Waals surface area (Å²) < 4.78 is 0. The maximum Gasteiger partial charge on any atom is 0.245 e. The monoisotopic (exact) mass is 1320 g/mol. The van der Waals surface area contributed by atoms with Crippen LogP contribution in [-0.4, -0.2) is 129 Å². The van der Waals surface area contributed by atoms with Crippen molar-refractivity contribution in [3.8, 4) is 0 Å². The second-order valence-corrected chi connectivity index (χ2v) is 30.7. The van der Waals surface area contributed by atoms with Gasteiger partial charge in [-0.3, -0.25) is 14.5 Å². The third kappa shape index (κ3) is 56.2. The molecule has 5 N–H and O–H groups in total. The molecule has 0 aromatic rings. The minimum Gasteiger partial charge on any atom is -0.392 e. The minimum absolute atomic E-state index is 0.0533. The summed E-state index contributed by atoms with van der Waals surface area (Å²) in [6, 6.07) is -1.23. The van der Waals surface area contributed by atoms with Gasteiger partial charge in [-0.1, -0.05) is 363 Å². The molecule has 1 aliphatic rings. The molecule has 10 heteroatoms. The number of piperazine rings is 1. The van der Waals surface area contributed by atoms with E-state index in [-0.39, 0.29) is 24.5 Å². The summed E-state index contributed by atoms with van der Waals surface area (Å²) >= 11 is 0. The smallest absolute Gasteiger partial charge is 0.245 e. The molecule has 1 saturated heterocycles. The number of unbranched alkanes of at least 4 members (excludes halogenated alkanes) is 47. The highest BCUT2D eigenvalue weighted by atomic mass is 16.3. The number of rotatable bonds is 75. The van der Waals surface area contributed by atoms with Crippen molar-refractivity contribution in [2.75, 3.05) is 45.8 Å². The number of hydrogen-bond acceptors (Lipinski definition) is 8. The fourth-order valence-electron chi connectivity index (χ4n) is 14.9. The van der Waals surface area contributed by atoms with Gasteiger partial charge in [0.1, 0.15) is 12.1 Å². The van der Waals surface area contributed by atoms with Gasteiger partial charge in [0.2, 0.25) is 11.8 Å². The normalized spacial score (nSPS) is 16.3. The van der Waals surface area contributed by atoms with Gasteiger partial charge in [0, 0.05) is 32.7 Å². The molecule has 1 fully saturated rings. The Balaban J connectivity index is 3.07. The van der Waals surface area contributed by atoms with Gasteiger partial charge in [0.25, 0.3) is 0 Å². The van der Waals surface area contributed by atoms with Crippen molar-refractivity contribution in [1.29, 1.82) is 0 Å². The maximum absolute atomic E-state index is 14.7. The summed E-state index contributed by atoms with van der Waals surface area (Å²) in [5, 5.41) is 49.1. The third-order valence-corrected chi connectivity index (χ3v) is 21.0. The number of nitrogens with zero attached hydrogens (tertiary/aromatic N) is 3. The molecule has 1 rings (SSSR count). The van der Waals surface area contributed by atoms with Crippen LogP contribution in [0.2, 0.25) is 0 Å². The fourth-order valence-corrected chi connectivity index (χ4v) is 14.9. The van der Waals surface area contributed by atoms with Gasteiger partial charge in [-0.2, -0.15) is 0 Å². The average molecular weight is 1320 g/mol. The van der Waals surface area contributed by atoms with E-state index in [0.717, 1.165) is 110 Å². The Kier molecular flexibility index (Phi) is 65.5. The first-order valence-electron chi connectivity index (χ1n) is 42.3. The van der Waals surface area contributed by atoms with Crippen LogP contribution in [0.15, 0.2) is 0 Å². The zero-order valence-electron chi connectivity index (χ0n) is 63.6. The van der Waals surface area contributed by atoms with Crippen LogP contribution in [0.25, 0.3) is 0 Å². The van der Waals surface area contributed by atoms with Gasteiger partial charge in [0.15, 0.2) is 0 Å². The molecule has 0 aromatic carbocycles. The van der Waals surface area contributed by atoms with Crippen LogP contribution in [0.4, 0.5) is 0 Å². The first-order valence-corrected chi connectivity index (χ1v) is 42.3. The van der Waals surface area contributed by atoms with E-state index in [4.69, 9.17) is 0 Å². The molecule has 7 atom stereocenters. The van der Waals surface area contributed by atoms with Crippen molar-refractivity contribution in [2.45, 2.75) is 470 Å². The highest BCUT2D eigenvalue weighted by molar-refractivity contribution is 5.97. The number of amides is 2. The Bertz CT molecular complexity index is 1490. The summed E-state index contributed by atoms with van der Waals surface area (Å²) in [6.07, 6.45) is 70.9. The molecule has 0 aliphatic carbocycles. The Morgan fingerprint density at radius 1 is 0.323 bits per heavy atom. The van der Waals surface area contributed by atoms with E-state index in [1.807, 2.05) is 0 Å². The summed E-state index contributed by atoms with van der Waals surface area (Å²) in [5.74, 6) is 0.404. The van der Waals surface area contributed by atoms with E-state index < -0.39 is 30.4 Å². The average Bonchev–Trinajstić information content (AvgIpc) is 0.847. The van der Waals surface area contributed by atoms with Crippen LogP contribution in [0.3, 0.4) is 0 Å². The lowest BCUT2D eigenvalue weighted by molar-refractivity contribution is -0.151. The van der Waals surface area contributed by atoms with Crippen molar-refractivity contribution >= 4 is 11.8 Å². The topological polar surface area (TPSA) is 137 Å². The molecule has 10 nitrogen and oxygen atoms in total. The molecule has 0 saturated carbocycles. The molecule has 1 heterocycles. The van der Waals surface area contributed by atoms with E-state index >= 15 is 0 Å². The predicted octanol–water partition coefficient (Wildman–Crippen LogP) is 22.3. The SMILES string of the molecule is CCCCCCCCCCCCC(C)CN(CCCCC1NC(=O)C(CCCCN(CC(O)CCCCCCCCCCCC)CC(O)CCCCCCCCCCCC)N(CC(O)CCCCCCCCCCCC)C1=O)CC(O)CCCCCCCCCCCC.